The van der Waals surface area contributed by atoms with E-state index < -0.39 is 0 Å². The zero-order chi connectivity index (χ0) is 16.2. The third-order valence-electron chi connectivity index (χ3n) is 4.86. The Kier molecular flexibility index (Phi) is 5.84. The Hall–Kier alpha value is -0.770. The molecule has 5 heteroatoms. The van der Waals surface area contributed by atoms with E-state index >= 15 is 0 Å². The highest BCUT2D eigenvalue weighted by atomic mass is 35.5. The highest BCUT2D eigenvalue weighted by Gasteiger charge is 2.27. The van der Waals surface area contributed by atoms with Gasteiger partial charge in [0.2, 0.25) is 5.91 Å². The summed E-state index contributed by atoms with van der Waals surface area (Å²) in [6.45, 7) is 1.82. The molecule has 2 aliphatic rings. The summed E-state index contributed by atoms with van der Waals surface area (Å²) in [4.78, 5) is 14.5. The first-order valence-electron chi connectivity index (χ1n) is 8.47. The van der Waals surface area contributed by atoms with Crippen molar-refractivity contribution in [3.8, 4) is 0 Å². The molecule has 1 unspecified atom stereocenters. The smallest absolute Gasteiger partial charge is 0.223 e. The molecule has 0 N–H and O–H groups in total. The van der Waals surface area contributed by atoms with Gasteiger partial charge >= 0.3 is 0 Å². The fraction of sp³-hybridized carbons (Fsp3) is 0.611. The highest BCUT2D eigenvalue weighted by Crippen LogP contribution is 2.30. The monoisotopic (exact) mass is 355 g/mol. The van der Waals surface area contributed by atoms with E-state index in [0.29, 0.717) is 42.1 Å². The highest BCUT2D eigenvalue weighted by molar-refractivity contribution is 6.34. The molecule has 0 radical (unpaired) electrons. The van der Waals surface area contributed by atoms with Gasteiger partial charge < -0.3 is 9.64 Å². The van der Waals surface area contributed by atoms with Crippen LogP contribution in [-0.2, 0) is 9.53 Å². The molecule has 0 bridgehead atoms. The molecule has 1 aromatic carbocycles. The lowest BCUT2D eigenvalue weighted by atomic mass is 9.86. The van der Waals surface area contributed by atoms with Crippen LogP contribution >= 0.6 is 23.2 Å². The van der Waals surface area contributed by atoms with Crippen LogP contribution in [0.4, 0.5) is 0 Å². The number of nitrogens with zero attached hydrogens (tertiary/aromatic N) is 1. The van der Waals surface area contributed by atoms with Gasteiger partial charge in [0.25, 0.3) is 0 Å². The van der Waals surface area contributed by atoms with Gasteiger partial charge in [0.15, 0.2) is 0 Å². The Balaban J connectivity index is 1.62. The van der Waals surface area contributed by atoms with E-state index in [1.54, 1.807) is 6.07 Å². The van der Waals surface area contributed by atoms with E-state index in [2.05, 4.69) is 0 Å². The number of carbonyl (C=O) groups is 1. The van der Waals surface area contributed by atoms with Crippen molar-refractivity contribution in [1.29, 1.82) is 0 Å². The number of hydrogen-bond acceptors (Lipinski definition) is 2. The summed E-state index contributed by atoms with van der Waals surface area (Å²) in [5.41, 5.74) is 0.942. The lowest BCUT2D eigenvalue weighted by Crippen LogP contribution is -2.42. The number of rotatable bonds is 3. The summed E-state index contributed by atoms with van der Waals surface area (Å²) in [7, 11) is 0. The molecule has 1 amide bonds. The van der Waals surface area contributed by atoms with Crippen LogP contribution in [0.25, 0.3) is 0 Å². The quantitative estimate of drug-likeness (QED) is 0.774. The molecule has 2 fully saturated rings. The average molecular weight is 356 g/mol. The molecule has 3 rings (SSSR count). The Bertz CT molecular complexity index is 538. The first kappa shape index (κ1) is 17.1. The molecule has 1 aromatic rings. The second-order valence-corrected chi connectivity index (χ2v) is 7.48. The molecule has 3 nitrogen and oxygen atoms in total. The van der Waals surface area contributed by atoms with Crippen molar-refractivity contribution >= 4 is 29.1 Å². The van der Waals surface area contributed by atoms with Gasteiger partial charge in [-0.15, -0.1) is 0 Å². The summed E-state index contributed by atoms with van der Waals surface area (Å²) in [6, 6.07) is 5.45. The molecule has 1 aliphatic carbocycles. The molecule has 1 atom stereocenters. The lowest BCUT2D eigenvalue weighted by molar-refractivity contribution is -0.140. The summed E-state index contributed by atoms with van der Waals surface area (Å²) < 4.78 is 5.83. The first-order valence-corrected chi connectivity index (χ1v) is 9.23. The van der Waals surface area contributed by atoms with Gasteiger partial charge in [-0.3, -0.25) is 4.79 Å². The average Bonchev–Trinajstić information content (AvgIpc) is 2.55. The second kappa shape index (κ2) is 7.87. The molecule has 0 spiro atoms. The normalized spacial score (nSPS) is 23.0. The zero-order valence-corrected chi connectivity index (χ0v) is 14.8. The van der Waals surface area contributed by atoms with Crippen molar-refractivity contribution in [1.82, 2.24) is 4.90 Å². The Morgan fingerprint density at radius 3 is 2.52 bits per heavy atom. The summed E-state index contributed by atoms with van der Waals surface area (Å²) in [5.74, 6) is 0.830. The van der Waals surface area contributed by atoms with Crippen molar-refractivity contribution < 1.29 is 9.53 Å². The van der Waals surface area contributed by atoms with Crippen molar-refractivity contribution in [2.45, 2.75) is 44.6 Å². The third-order valence-corrected chi connectivity index (χ3v) is 5.30. The first-order chi connectivity index (χ1) is 11.1. The van der Waals surface area contributed by atoms with E-state index in [4.69, 9.17) is 27.9 Å². The molecule has 126 valence electrons. The van der Waals surface area contributed by atoms with E-state index in [1.807, 2.05) is 17.0 Å². The minimum absolute atomic E-state index is 0.143. The van der Waals surface area contributed by atoms with E-state index in [9.17, 15) is 4.79 Å². The van der Waals surface area contributed by atoms with Crippen molar-refractivity contribution in [2.75, 3.05) is 19.7 Å². The van der Waals surface area contributed by atoms with Gasteiger partial charge in [0, 0.05) is 23.0 Å². The van der Waals surface area contributed by atoms with Gasteiger partial charge in [-0.2, -0.15) is 0 Å². The maximum atomic E-state index is 12.6. The largest absolute Gasteiger partial charge is 0.370 e. The van der Waals surface area contributed by atoms with E-state index in [-0.39, 0.29) is 12.0 Å². The van der Waals surface area contributed by atoms with Gasteiger partial charge in [-0.05, 0) is 42.5 Å². The van der Waals surface area contributed by atoms with Crippen LogP contribution in [0.3, 0.4) is 0 Å². The third kappa shape index (κ3) is 4.62. The standard InChI is InChI=1S/C18H23Cl2NO2/c19-15-9-14(10-16(20)11-15)17-12-21(6-7-23-17)18(22)8-13-4-2-1-3-5-13/h9-11,13,17H,1-8,12H2. The fourth-order valence-electron chi connectivity index (χ4n) is 3.61. The van der Waals surface area contributed by atoms with Crippen LogP contribution in [0.15, 0.2) is 18.2 Å². The summed E-state index contributed by atoms with van der Waals surface area (Å²) in [5, 5.41) is 1.20. The van der Waals surface area contributed by atoms with Crippen LogP contribution in [0.1, 0.15) is 50.2 Å². The minimum atomic E-state index is -0.143. The number of halogens is 2. The van der Waals surface area contributed by atoms with E-state index in [0.717, 1.165) is 5.56 Å². The molecule has 1 heterocycles. The zero-order valence-electron chi connectivity index (χ0n) is 13.3. The van der Waals surface area contributed by atoms with Crippen molar-refractivity contribution in [3.05, 3.63) is 33.8 Å². The van der Waals surface area contributed by atoms with Gasteiger partial charge in [-0.25, -0.2) is 0 Å². The number of benzene rings is 1. The maximum absolute atomic E-state index is 12.6. The SMILES string of the molecule is O=C(CC1CCCCC1)N1CCOC(c2cc(Cl)cc(Cl)c2)C1. The number of ether oxygens (including phenoxy) is 1. The molecule has 1 saturated carbocycles. The van der Waals surface area contributed by atoms with Crippen LogP contribution in [0, 0.1) is 5.92 Å². The molecular weight excluding hydrogens is 333 g/mol. The molecule has 0 aromatic heterocycles. The van der Waals surface area contributed by atoms with Gasteiger partial charge in [0.05, 0.1) is 13.2 Å². The number of amides is 1. The fourth-order valence-corrected chi connectivity index (χ4v) is 4.15. The molecule has 23 heavy (non-hydrogen) atoms. The Morgan fingerprint density at radius 1 is 1.13 bits per heavy atom. The van der Waals surface area contributed by atoms with Crippen LogP contribution in [-0.4, -0.2) is 30.5 Å². The topological polar surface area (TPSA) is 29.5 Å². The molecule has 1 aliphatic heterocycles. The Morgan fingerprint density at radius 2 is 1.83 bits per heavy atom. The maximum Gasteiger partial charge on any atom is 0.223 e. The number of morpholine rings is 1. The van der Waals surface area contributed by atoms with Crippen LogP contribution in [0.2, 0.25) is 10.0 Å². The number of carbonyl (C=O) groups excluding carboxylic acids is 1. The predicted octanol–water partition coefficient (Wildman–Crippen LogP) is 4.86. The summed E-state index contributed by atoms with van der Waals surface area (Å²) in [6.07, 6.45) is 6.79. The summed E-state index contributed by atoms with van der Waals surface area (Å²) >= 11 is 12.2. The van der Waals surface area contributed by atoms with Crippen molar-refractivity contribution in [3.63, 3.8) is 0 Å². The van der Waals surface area contributed by atoms with Crippen LogP contribution in [0.5, 0.6) is 0 Å². The lowest BCUT2D eigenvalue weighted by Gasteiger charge is -2.34. The second-order valence-electron chi connectivity index (χ2n) is 6.61. The van der Waals surface area contributed by atoms with Crippen LogP contribution < -0.4 is 0 Å². The predicted molar refractivity (Wildman–Crippen MR) is 92.9 cm³/mol. The van der Waals surface area contributed by atoms with Gasteiger partial charge in [-0.1, -0.05) is 42.5 Å². The number of hydrogen-bond donors (Lipinski definition) is 0. The molecular formula is C18H23Cl2NO2. The molecule has 1 saturated heterocycles. The van der Waals surface area contributed by atoms with Crippen molar-refractivity contribution in [2.24, 2.45) is 5.92 Å². The van der Waals surface area contributed by atoms with E-state index in [1.165, 1.54) is 32.1 Å². The Labute approximate surface area is 147 Å². The van der Waals surface area contributed by atoms with Gasteiger partial charge in [0.1, 0.15) is 6.10 Å². The minimum Gasteiger partial charge on any atom is -0.370 e.